The van der Waals surface area contributed by atoms with E-state index in [0.29, 0.717) is 18.0 Å². The molecule has 0 aliphatic heterocycles. The highest BCUT2D eigenvalue weighted by molar-refractivity contribution is 7.89. The zero-order chi connectivity index (χ0) is 20.1. The molecule has 2 aromatic rings. The summed E-state index contributed by atoms with van der Waals surface area (Å²) in [6, 6.07) is 14.9. The van der Waals surface area contributed by atoms with Crippen molar-refractivity contribution in [2.75, 3.05) is 20.6 Å². The highest BCUT2D eigenvalue weighted by Crippen LogP contribution is 2.28. The van der Waals surface area contributed by atoms with Crippen LogP contribution in [0.3, 0.4) is 0 Å². The summed E-state index contributed by atoms with van der Waals surface area (Å²) in [5.41, 5.74) is 3.39. The maximum absolute atomic E-state index is 12.4. The first-order valence-electron chi connectivity index (χ1n) is 9.47. The number of hydrogen-bond donors (Lipinski definition) is 2. The molecule has 150 valence electrons. The predicted molar refractivity (Wildman–Crippen MR) is 110 cm³/mol. The Morgan fingerprint density at radius 2 is 1.61 bits per heavy atom. The lowest BCUT2D eigenvalue weighted by Gasteiger charge is -2.16. The highest BCUT2D eigenvalue weighted by atomic mass is 32.2. The van der Waals surface area contributed by atoms with E-state index in [4.69, 9.17) is 0 Å². The molecule has 0 heterocycles. The Morgan fingerprint density at radius 3 is 2.25 bits per heavy atom. The first-order chi connectivity index (χ1) is 13.4. The minimum absolute atomic E-state index is 0.157. The summed E-state index contributed by atoms with van der Waals surface area (Å²) in [6.07, 6.45) is 3.05. The van der Waals surface area contributed by atoms with Crippen molar-refractivity contribution in [2.24, 2.45) is 5.92 Å². The Morgan fingerprint density at radius 1 is 1.00 bits per heavy atom. The highest BCUT2D eigenvalue weighted by Gasteiger charge is 2.22. The van der Waals surface area contributed by atoms with Gasteiger partial charge in [-0.05, 0) is 47.9 Å². The van der Waals surface area contributed by atoms with E-state index in [0.717, 1.165) is 19.3 Å². The molecule has 1 aliphatic rings. The number of carbonyl (C=O) groups excluding carboxylic acids is 1. The van der Waals surface area contributed by atoms with Crippen LogP contribution in [0, 0.1) is 5.92 Å². The number of sulfonamides is 1. The van der Waals surface area contributed by atoms with Crippen LogP contribution in [0.15, 0.2) is 53.4 Å². The number of urea groups is 1. The number of rotatable bonds is 7. The fourth-order valence-electron chi connectivity index (χ4n) is 3.58. The van der Waals surface area contributed by atoms with Crippen molar-refractivity contribution >= 4 is 16.1 Å². The number of fused-ring (bicyclic) bond motifs is 1. The molecule has 0 spiro atoms. The van der Waals surface area contributed by atoms with Crippen molar-refractivity contribution in [1.82, 2.24) is 14.9 Å². The van der Waals surface area contributed by atoms with Crippen LogP contribution < -0.4 is 10.6 Å². The molecule has 6 nitrogen and oxygen atoms in total. The Balaban J connectivity index is 1.47. The molecule has 0 atom stereocenters. The summed E-state index contributed by atoms with van der Waals surface area (Å²) >= 11 is 0. The summed E-state index contributed by atoms with van der Waals surface area (Å²) in [5.74, 6) is 0.559. The van der Waals surface area contributed by atoms with Crippen LogP contribution in [0.4, 0.5) is 4.79 Å². The molecule has 2 N–H and O–H groups in total. The first-order valence-corrected chi connectivity index (χ1v) is 10.9. The molecule has 0 radical (unpaired) electrons. The average molecular weight is 402 g/mol. The number of carbonyl (C=O) groups is 1. The maximum Gasteiger partial charge on any atom is 0.315 e. The van der Waals surface area contributed by atoms with Crippen molar-refractivity contribution in [1.29, 1.82) is 0 Å². The summed E-state index contributed by atoms with van der Waals surface area (Å²) in [7, 11) is -0.561. The van der Waals surface area contributed by atoms with Gasteiger partial charge in [-0.2, -0.15) is 0 Å². The van der Waals surface area contributed by atoms with Crippen LogP contribution in [0.1, 0.15) is 23.1 Å². The largest absolute Gasteiger partial charge is 0.338 e. The van der Waals surface area contributed by atoms with Crippen LogP contribution >= 0.6 is 0 Å². The first kappa shape index (κ1) is 20.4. The van der Waals surface area contributed by atoms with Gasteiger partial charge in [0, 0.05) is 27.2 Å². The van der Waals surface area contributed by atoms with Gasteiger partial charge >= 0.3 is 6.03 Å². The molecule has 28 heavy (non-hydrogen) atoms. The number of hydrogen-bond acceptors (Lipinski definition) is 3. The lowest BCUT2D eigenvalue weighted by atomic mass is 10.0. The van der Waals surface area contributed by atoms with Gasteiger partial charge in [-0.25, -0.2) is 17.5 Å². The van der Waals surface area contributed by atoms with E-state index < -0.39 is 10.0 Å². The van der Waals surface area contributed by atoms with Crippen LogP contribution in [0.5, 0.6) is 0 Å². The lowest BCUT2D eigenvalue weighted by Crippen LogP contribution is -2.36. The summed E-state index contributed by atoms with van der Waals surface area (Å²) in [6.45, 7) is 0.756. The fourth-order valence-corrected chi connectivity index (χ4v) is 4.70. The van der Waals surface area contributed by atoms with E-state index in [2.05, 4.69) is 34.9 Å². The fraction of sp³-hybridized carbons (Fsp3) is 0.381. The SMILES string of the molecule is CN(C)S(=O)(=O)c1ccccc1CNC(=O)NCCC1Cc2ccccc2C1. The molecule has 2 amide bonds. The third-order valence-corrected chi connectivity index (χ3v) is 7.06. The number of nitrogens with zero attached hydrogens (tertiary/aromatic N) is 1. The molecule has 0 aromatic heterocycles. The number of benzene rings is 2. The zero-order valence-electron chi connectivity index (χ0n) is 16.3. The van der Waals surface area contributed by atoms with Crippen LogP contribution in [-0.4, -0.2) is 39.4 Å². The molecule has 2 aromatic carbocycles. The monoisotopic (exact) mass is 401 g/mol. The van der Waals surface area contributed by atoms with Gasteiger partial charge in [0.15, 0.2) is 0 Å². The van der Waals surface area contributed by atoms with Gasteiger partial charge in [-0.15, -0.1) is 0 Å². The third-order valence-electron chi connectivity index (χ3n) is 5.14. The normalized spacial score (nSPS) is 14.1. The van der Waals surface area contributed by atoms with Gasteiger partial charge < -0.3 is 10.6 Å². The average Bonchev–Trinajstić information content (AvgIpc) is 3.09. The van der Waals surface area contributed by atoms with E-state index in [1.54, 1.807) is 24.3 Å². The second kappa shape index (κ2) is 8.75. The topological polar surface area (TPSA) is 78.5 Å². The standard InChI is InChI=1S/C21H27N3O3S/c1-24(2)28(26,27)20-10-6-5-9-19(20)15-23-21(25)22-12-11-16-13-17-7-3-4-8-18(17)14-16/h3-10,16H,11-15H2,1-2H3,(H2,22,23,25). The van der Waals surface area contributed by atoms with Crippen LogP contribution in [0.25, 0.3) is 0 Å². The Kier molecular flexibility index (Phi) is 6.36. The van der Waals surface area contributed by atoms with Crippen molar-refractivity contribution in [2.45, 2.75) is 30.7 Å². The van der Waals surface area contributed by atoms with E-state index >= 15 is 0 Å². The van der Waals surface area contributed by atoms with Gasteiger partial charge in [0.1, 0.15) is 0 Å². The Labute approximate surface area is 167 Å². The van der Waals surface area contributed by atoms with E-state index in [1.807, 2.05) is 0 Å². The molecule has 0 saturated heterocycles. The van der Waals surface area contributed by atoms with Crippen molar-refractivity contribution in [3.8, 4) is 0 Å². The van der Waals surface area contributed by atoms with Crippen molar-refractivity contribution in [3.63, 3.8) is 0 Å². The van der Waals surface area contributed by atoms with E-state index in [-0.39, 0.29) is 17.5 Å². The molecule has 0 saturated carbocycles. The quantitative estimate of drug-likeness (QED) is 0.748. The third kappa shape index (κ3) is 4.72. The molecular weight excluding hydrogens is 374 g/mol. The lowest BCUT2D eigenvalue weighted by molar-refractivity contribution is 0.239. The zero-order valence-corrected chi connectivity index (χ0v) is 17.1. The van der Waals surface area contributed by atoms with Crippen molar-refractivity contribution < 1.29 is 13.2 Å². The maximum atomic E-state index is 12.4. The van der Waals surface area contributed by atoms with Gasteiger partial charge in [-0.3, -0.25) is 0 Å². The molecule has 7 heteroatoms. The molecule has 0 bridgehead atoms. The minimum atomic E-state index is -3.55. The molecule has 1 aliphatic carbocycles. The van der Waals surface area contributed by atoms with Crippen LogP contribution in [-0.2, 0) is 29.4 Å². The summed E-state index contributed by atoms with van der Waals surface area (Å²) in [4.78, 5) is 12.3. The van der Waals surface area contributed by atoms with E-state index in [9.17, 15) is 13.2 Å². The predicted octanol–water partition coefficient (Wildman–Crippen LogP) is 2.54. The van der Waals surface area contributed by atoms with Gasteiger partial charge in [0.25, 0.3) is 0 Å². The Bertz CT molecular complexity index is 916. The van der Waals surface area contributed by atoms with Crippen molar-refractivity contribution in [3.05, 3.63) is 65.2 Å². The van der Waals surface area contributed by atoms with Gasteiger partial charge in [0.2, 0.25) is 10.0 Å². The smallest absolute Gasteiger partial charge is 0.315 e. The molecular formula is C21H27N3O3S. The second-order valence-corrected chi connectivity index (χ2v) is 9.46. The second-order valence-electron chi connectivity index (χ2n) is 7.34. The number of nitrogens with one attached hydrogen (secondary N) is 2. The van der Waals surface area contributed by atoms with E-state index in [1.165, 1.54) is 29.5 Å². The number of amides is 2. The summed E-state index contributed by atoms with van der Waals surface area (Å²) < 4.78 is 26.0. The van der Waals surface area contributed by atoms with Gasteiger partial charge in [-0.1, -0.05) is 42.5 Å². The Hall–Kier alpha value is -2.38. The summed E-state index contributed by atoms with van der Waals surface area (Å²) in [5, 5.41) is 5.64. The molecule has 3 rings (SSSR count). The molecule has 0 unspecified atom stereocenters. The van der Waals surface area contributed by atoms with Crippen LogP contribution in [0.2, 0.25) is 0 Å². The molecule has 0 fully saturated rings. The minimum Gasteiger partial charge on any atom is -0.338 e. The van der Waals surface area contributed by atoms with Gasteiger partial charge in [0.05, 0.1) is 4.90 Å².